The quantitative estimate of drug-likeness (QED) is 0.527. The molecule has 38 heavy (non-hydrogen) atoms. The summed E-state index contributed by atoms with van der Waals surface area (Å²) in [5.41, 5.74) is 8.44. The lowest BCUT2D eigenvalue weighted by Crippen LogP contribution is -2.38. The van der Waals surface area contributed by atoms with Crippen molar-refractivity contribution < 1.29 is 13.9 Å². The van der Waals surface area contributed by atoms with Gasteiger partial charge in [-0.15, -0.1) is 0 Å². The minimum Gasteiger partial charge on any atom is -0.474 e. The third-order valence-electron chi connectivity index (χ3n) is 8.38. The Morgan fingerprint density at radius 2 is 1.87 bits per heavy atom. The molecule has 3 aliphatic rings. The Balaban J connectivity index is 1.13. The molecular weight excluding hydrogens is 482 g/mol. The molecule has 10 heteroatoms. The predicted octanol–water partition coefficient (Wildman–Crippen LogP) is 3.44. The number of likely N-dealkylation sites (tertiary alicyclic amines) is 1. The lowest BCUT2D eigenvalue weighted by Gasteiger charge is -2.38. The van der Waals surface area contributed by atoms with Gasteiger partial charge in [0.05, 0.1) is 6.20 Å². The summed E-state index contributed by atoms with van der Waals surface area (Å²) < 4.78 is 13.4. The molecule has 0 spiro atoms. The number of hydrogen-bond donors (Lipinski definition) is 1. The molecule has 1 amide bonds. The van der Waals surface area contributed by atoms with Gasteiger partial charge < -0.3 is 24.7 Å². The molecule has 1 unspecified atom stereocenters. The first kappa shape index (κ1) is 24.9. The van der Waals surface area contributed by atoms with Gasteiger partial charge in [-0.3, -0.25) is 9.48 Å². The molecule has 3 atom stereocenters. The number of carbonyl (C=O) groups is 1. The van der Waals surface area contributed by atoms with Crippen LogP contribution in [0.2, 0.25) is 0 Å². The van der Waals surface area contributed by atoms with E-state index in [-0.39, 0.29) is 12.0 Å². The molecule has 2 saturated heterocycles. The summed E-state index contributed by atoms with van der Waals surface area (Å²) in [4.78, 5) is 26.5. The third kappa shape index (κ3) is 4.66. The van der Waals surface area contributed by atoms with Crippen LogP contribution in [0, 0.1) is 17.3 Å². The van der Waals surface area contributed by atoms with Crippen molar-refractivity contribution in [3.8, 4) is 17.5 Å². The molecule has 2 N–H and O–H groups in total. The van der Waals surface area contributed by atoms with Crippen molar-refractivity contribution in [2.24, 2.45) is 30.0 Å². The number of anilines is 1. The van der Waals surface area contributed by atoms with Crippen molar-refractivity contribution in [3.05, 3.63) is 41.9 Å². The molecular formula is C28H37N7O3. The molecule has 0 radical (unpaired) electrons. The van der Waals surface area contributed by atoms with E-state index in [0.717, 1.165) is 37.3 Å². The minimum atomic E-state index is -0.499. The van der Waals surface area contributed by atoms with Gasteiger partial charge in [-0.2, -0.15) is 10.1 Å². The van der Waals surface area contributed by atoms with Crippen molar-refractivity contribution in [2.45, 2.75) is 52.2 Å². The molecule has 3 aromatic rings. The van der Waals surface area contributed by atoms with E-state index in [1.54, 1.807) is 24.0 Å². The number of pyridine rings is 1. The van der Waals surface area contributed by atoms with Crippen LogP contribution in [-0.4, -0.2) is 62.8 Å². The number of piperidine rings is 2. The fourth-order valence-electron chi connectivity index (χ4n) is 5.66. The van der Waals surface area contributed by atoms with Gasteiger partial charge in [-0.05, 0) is 43.7 Å². The Hall–Kier alpha value is -3.40. The lowest BCUT2D eigenvalue weighted by molar-refractivity contribution is 0.0740. The van der Waals surface area contributed by atoms with Crippen LogP contribution in [0.15, 0.2) is 35.1 Å². The van der Waals surface area contributed by atoms with E-state index >= 15 is 0 Å². The fraction of sp³-hybridized carbons (Fsp3) is 0.571. The normalized spacial score (nSPS) is 24.4. The Morgan fingerprint density at radius 1 is 1.16 bits per heavy atom. The number of carbonyl (C=O) groups excluding carboxylic acids is 1. The molecule has 202 valence electrons. The largest absolute Gasteiger partial charge is 0.474 e. The first-order valence-corrected chi connectivity index (χ1v) is 13.4. The van der Waals surface area contributed by atoms with Gasteiger partial charge in [0.1, 0.15) is 29.6 Å². The molecule has 5 heterocycles. The summed E-state index contributed by atoms with van der Waals surface area (Å²) in [6, 6.07) is 5.83. The minimum absolute atomic E-state index is 0.0379. The van der Waals surface area contributed by atoms with Crippen LogP contribution in [0.4, 0.5) is 5.82 Å². The van der Waals surface area contributed by atoms with E-state index in [2.05, 4.69) is 34.9 Å². The Labute approximate surface area is 223 Å². The number of amides is 1. The van der Waals surface area contributed by atoms with Gasteiger partial charge in [-0.25, -0.2) is 4.98 Å². The topological polar surface area (TPSA) is 116 Å². The lowest BCUT2D eigenvalue weighted by atomic mass is 9.82. The zero-order valence-corrected chi connectivity index (χ0v) is 22.8. The van der Waals surface area contributed by atoms with Crippen LogP contribution in [0.5, 0.6) is 5.88 Å². The maximum Gasteiger partial charge on any atom is 0.272 e. The summed E-state index contributed by atoms with van der Waals surface area (Å²) in [7, 11) is 1.76. The number of hydrogen-bond acceptors (Lipinski definition) is 8. The van der Waals surface area contributed by atoms with Gasteiger partial charge in [-0.1, -0.05) is 13.8 Å². The summed E-state index contributed by atoms with van der Waals surface area (Å²) in [5.74, 6) is 2.53. The average Bonchev–Trinajstić information content (AvgIpc) is 3.36. The van der Waals surface area contributed by atoms with E-state index < -0.39 is 5.54 Å². The first-order valence-electron chi connectivity index (χ1n) is 13.4. The highest BCUT2D eigenvalue weighted by molar-refractivity contribution is 5.93. The number of nitrogens with zero attached hydrogens (tertiary/aromatic N) is 6. The van der Waals surface area contributed by atoms with Gasteiger partial charge in [0, 0.05) is 62.7 Å². The number of oxazole rings is 1. The summed E-state index contributed by atoms with van der Waals surface area (Å²) in [6.07, 6.45) is 5.39. The zero-order chi connectivity index (χ0) is 26.8. The maximum absolute atomic E-state index is 13.2. The highest BCUT2D eigenvalue weighted by atomic mass is 16.5. The molecule has 2 aliphatic heterocycles. The summed E-state index contributed by atoms with van der Waals surface area (Å²) in [5, 5.41) is 4.39. The second-order valence-corrected chi connectivity index (χ2v) is 12.4. The first-order chi connectivity index (χ1) is 18.0. The molecule has 6 rings (SSSR count). The van der Waals surface area contributed by atoms with Gasteiger partial charge >= 0.3 is 0 Å². The third-order valence-corrected chi connectivity index (χ3v) is 8.38. The molecule has 10 nitrogen and oxygen atoms in total. The van der Waals surface area contributed by atoms with Gasteiger partial charge in [0.2, 0.25) is 11.8 Å². The Bertz CT molecular complexity index is 1320. The molecule has 0 aromatic carbocycles. The summed E-state index contributed by atoms with van der Waals surface area (Å²) in [6.45, 7) is 11.9. The molecule has 3 fully saturated rings. The Morgan fingerprint density at radius 3 is 2.50 bits per heavy atom. The standard InChI is InChI=1S/C28H37N7O3/c1-27(2)6-9-34(10-7-27)22-12-17(28(3,4)29)13-23(31-22)38-24-18-15-35(16-19(18)24)26(36)21-14-20(32-33(21)5)25-30-8-11-37-25/h8,11-14,18-19,24H,6-7,9-10,15-16,29H2,1-5H3/t18-,19+,24?. The monoisotopic (exact) mass is 519 g/mol. The van der Waals surface area contributed by atoms with Crippen molar-refractivity contribution in [1.29, 1.82) is 0 Å². The zero-order valence-electron chi connectivity index (χ0n) is 22.8. The number of rotatable bonds is 6. The van der Waals surface area contributed by atoms with Crippen molar-refractivity contribution >= 4 is 11.7 Å². The van der Waals surface area contributed by atoms with Crippen LogP contribution in [0.3, 0.4) is 0 Å². The van der Waals surface area contributed by atoms with E-state index in [4.69, 9.17) is 19.9 Å². The fourth-order valence-corrected chi connectivity index (χ4v) is 5.66. The number of aromatic nitrogens is 4. The number of ether oxygens (including phenoxy) is 1. The SMILES string of the molecule is Cn1nc(-c2ncco2)cc1C(=O)N1C[C@@H]2C(Oc3cc(C(C)(C)N)cc(N4CCC(C)(C)CC4)n3)[C@@H]2C1. The summed E-state index contributed by atoms with van der Waals surface area (Å²) >= 11 is 0. The highest BCUT2D eigenvalue weighted by Crippen LogP contribution is 2.48. The second-order valence-electron chi connectivity index (χ2n) is 12.4. The van der Waals surface area contributed by atoms with Crippen molar-refractivity contribution in [3.63, 3.8) is 0 Å². The maximum atomic E-state index is 13.2. The number of nitrogens with two attached hydrogens (primary N) is 1. The van der Waals surface area contributed by atoms with E-state index in [0.29, 0.717) is 53.5 Å². The smallest absolute Gasteiger partial charge is 0.272 e. The van der Waals surface area contributed by atoms with Crippen molar-refractivity contribution in [2.75, 3.05) is 31.1 Å². The highest BCUT2D eigenvalue weighted by Gasteiger charge is 2.59. The van der Waals surface area contributed by atoms with E-state index in [1.165, 1.54) is 6.26 Å². The molecule has 0 bridgehead atoms. The Kier molecular flexibility index (Phi) is 5.79. The van der Waals surface area contributed by atoms with Crippen LogP contribution in [0.1, 0.15) is 56.6 Å². The van der Waals surface area contributed by atoms with Crippen molar-refractivity contribution in [1.82, 2.24) is 24.6 Å². The number of fused-ring (bicyclic) bond motifs is 1. The molecule has 1 aliphatic carbocycles. The van der Waals surface area contributed by atoms with Crippen LogP contribution >= 0.6 is 0 Å². The second kappa shape index (κ2) is 8.83. The van der Waals surface area contributed by atoms with Gasteiger partial charge in [0.15, 0.2) is 0 Å². The average molecular weight is 520 g/mol. The molecule has 3 aromatic heterocycles. The van der Waals surface area contributed by atoms with E-state index in [1.807, 2.05) is 24.8 Å². The van der Waals surface area contributed by atoms with Gasteiger partial charge in [0.25, 0.3) is 5.91 Å². The number of aryl methyl sites for hydroxylation is 1. The van der Waals surface area contributed by atoms with Crippen LogP contribution in [-0.2, 0) is 12.6 Å². The predicted molar refractivity (Wildman–Crippen MR) is 143 cm³/mol. The van der Waals surface area contributed by atoms with E-state index in [9.17, 15) is 4.79 Å². The molecule has 1 saturated carbocycles. The van der Waals surface area contributed by atoms with Crippen LogP contribution in [0.25, 0.3) is 11.6 Å². The van der Waals surface area contributed by atoms with Crippen LogP contribution < -0.4 is 15.4 Å².